The lowest BCUT2D eigenvalue weighted by atomic mass is 9.95. The third kappa shape index (κ3) is 6.61. The summed E-state index contributed by atoms with van der Waals surface area (Å²) < 4.78 is 1.94. The van der Waals surface area contributed by atoms with Crippen molar-refractivity contribution in [3.05, 3.63) is 24.0 Å². The Labute approximate surface area is 121 Å². The molecular weight excluding hydrogens is 254 g/mol. The molecule has 0 aliphatic rings. The minimum atomic E-state index is -0.853. The summed E-state index contributed by atoms with van der Waals surface area (Å²) in [6, 6.07) is 1.71. The van der Waals surface area contributed by atoms with Crippen LogP contribution in [0.5, 0.6) is 0 Å². The van der Waals surface area contributed by atoms with Gasteiger partial charge in [0.2, 0.25) is 0 Å². The van der Waals surface area contributed by atoms with E-state index < -0.39 is 5.60 Å². The van der Waals surface area contributed by atoms with E-state index in [-0.39, 0.29) is 12.6 Å². The summed E-state index contributed by atoms with van der Waals surface area (Å²) in [6.45, 7) is 6.75. The zero-order valence-electron chi connectivity index (χ0n) is 12.9. The molecule has 1 rings (SSSR count). The van der Waals surface area contributed by atoms with Crippen LogP contribution in [0.1, 0.15) is 39.2 Å². The van der Waals surface area contributed by atoms with Gasteiger partial charge in [-0.25, -0.2) is 4.79 Å². The van der Waals surface area contributed by atoms with E-state index in [1.165, 1.54) is 0 Å². The van der Waals surface area contributed by atoms with E-state index in [2.05, 4.69) is 24.5 Å². The zero-order chi connectivity index (χ0) is 15.2. The number of hydrogen-bond donors (Lipinski definition) is 3. The van der Waals surface area contributed by atoms with Gasteiger partial charge in [0.15, 0.2) is 0 Å². The Morgan fingerprint density at radius 1 is 1.45 bits per heavy atom. The predicted molar refractivity (Wildman–Crippen MR) is 80.3 cm³/mol. The van der Waals surface area contributed by atoms with Gasteiger partial charge in [-0.15, -0.1) is 0 Å². The molecule has 1 aromatic heterocycles. The van der Waals surface area contributed by atoms with Gasteiger partial charge in [0.25, 0.3) is 0 Å². The molecule has 114 valence electrons. The Morgan fingerprint density at radius 3 is 2.70 bits per heavy atom. The summed E-state index contributed by atoms with van der Waals surface area (Å²) in [5.74, 6) is 0.549. The van der Waals surface area contributed by atoms with Crippen LogP contribution in [0.2, 0.25) is 0 Å². The molecule has 0 bridgehead atoms. The molecule has 0 spiro atoms. The first-order valence-electron chi connectivity index (χ1n) is 7.13. The van der Waals surface area contributed by atoms with E-state index in [0.717, 1.165) is 12.0 Å². The predicted octanol–water partition coefficient (Wildman–Crippen LogP) is 2.01. The molecule has 1 atom stereocenters. The molecule has 1 aromatic rings. The third-order valence-corrected chi connectivity index (χ3v) is 3.24. The molecule has 0 aliphatic heterocycles. The fourth-order valence-electron chi connectivity index (χ4n) is 1.87. The molecule has 20 heavy (non-hydrogen) atoms. The van der Waals surface area contributed by atoms with Crippen LogP contribution in [0.25, 0.3) is 0 Å². The fraction of sp³-hybridized carbons (Fsp3) is 0.667. The number of aryl methyl sites for hydroxylation is 1. The van der Waals surface area contributed by atoms with Gasteiger partial charge >= 0.3 is 6.03 Å². The van der Waals surface area contributed by atoms with E-state index in [1.807, 2.05) is 30.1 Å². The molecule has 0 saturated carbocycles. The molecule has 5 heteroatoms. The van der Waals surface area contributed by atoms with Gasteiger partial charge in [-0.1, -0.05) is 13.8 Å². The first-order valence-corrected chi connectivity index (χ1v) is 7.13. The Kier molecular flexibility index (Phi) is 6.07. The molecule has 0 radical (unpaired) electrons. The maximum Gasteiger partial charge on any atom is 0.315 e. The van der Waals surface area contributed by atoms with Crippen molar-refractivity contribution in [2.24, 2.45) is 13.0 Å². The van der Waals surface area contributed by atoms with Gasteiger partial charge in [0.05, 0.1) is 5.60 Å². The number of aliphatic hydroxyl groups is 1. The van der Waals surface area contributed by atoms with Crippen molar-refractivity contribution in [1.82, 2.24) is 15.2 Å². The van der Waals surface area contributed by atoms with Crippen LogP contribution in [0, 0.1) is 5.92 Å². The first-order chi connectivity index (χ1) is 9.28. The molecule has 1 unspecified atom stereocenters. The van der Waals surface area contributed by atoms with Gasteiger partial charge in [-0.3, -0.25) is 0 Å². The normalized spacial score (nSPS) is 14.1. The Morgan fingerprint density at radius 2 is 2.15 bits per heavy atom. The van der Waals surface area contributed by atoms with Crippen LogP contribution < -0.4 is 10.6 Å². The van der Waals surface area contributed by atoms with Crippen LogP contribution in [-0.4, -0.2) is 27.9 Å². The van der Waals surface area contributed by atoms with Crippen molar-refractivity contribution in [2.45, 2.75) is 45.8 Å². The highest BCUT2D eigenvalue weighted by molar-refractivity contribution is 5.73. The van der Waals surface area contributed by atoms with Crippen LogP contribution >= 0.6 is 0 Å². The summed E-state index contributed by atoms with van der Waals surface area (Å²) in [5, 5.41) is 15.6. The molecule has 3 N–H and O–H groups in total. The average Bonchev–Trinajstić information content (AvgIpc) is 2.78. The van der Waals surface area contributed by atoms with Crippen LogP contribution in [0.15, 0.2) is 18.5 Å². The highest BCUT2D eigenvalue weighted by atomic mass is 16.3. The Hall–Kier alpha value is -1.49. The van der Waals surface area contributed by atoms with E-state index in [1.54, 1.807) is 6.92 Å². The van der Waals surface area contributed by atoms with Crippen molar-refractivity contribution in [3.8, 4) is 0 Å². The lowest BCUT2D eigenvalue weighted by molar-refractivity contribution is 0.0476. The molecule has 0 aromatic carbocycles. The molecule has 1 heterocycles. The largest absolute Gasteiger partial charge is 0.388 e. The van der Waals surface area contributed by atoms with Gasteiger partial charge < -0.3 is 20.3 Å². The molecule has 0 saturated heterocycles. The number of carbonyl (C=O) groups is 1. The van der Waals surface area contributed by atoms with Crippen LogP contribution in [0.4, 0.5) is 4.79 Å². The Balaban J connectivity index is 2.25. The fourth-order valence-corrected chi connectivity index (χ4v) is 1.87. The van der Waals surface area contributed by atoms with Crippen LogP contribution in [-0.2, 0) is 13.6 Å². The lowest BCUT2D eigenvalue weighted by Crippen LogP contribution is -2.44. The topological polar surface area (TPSA) is 66.3 Å². The highest BCUT2D eigenvalue weighted by Gasteiger charge is 2.21. The number of nitrogens with one attached hydrogen (secondary N) is 2. The number of aromatic nitrogens is 1. The molecule has 5 nitrogen and oxygen atoms in total. The van der Waals surface area contributed by atoms with Gasteiger partial charge in [0.1, 0.15) is 0 Å². The second-order valence-corrected chi connectivity index (χ2v) is 6.15. The lowest BCUT2D eigenvalue weighted by Gasteiger charge is -2.24. The molecule has 0 fully saturated rings. The quantitative estimate of drug-likeness (QED) is 0.716. The van der Waals surface area contributed by atoms with Crippen molar-refractivity contribution < 1.29 is 9.90 Å². The number of hydrogen-bond acceptors (Lipinski definition) is 2. The average molecular weight is 281 g/mol. The summed E-state index contributed by atoms with van der Waals surface area (Å²) in [7, 11) is 1.94. The second kappa shape index (κ2) is 7.33. The molecule has 0 aliphatic carbocycles. The van der Waals surface area contributed by atoms with E-state index in [4.69, 9.17) is 0 Å². The van der Waals surface area contributed by atoms with Crippen molar-refractivity contribution in [3.63, 3.8) is 0 Å². The van der Waals surface area contributed by atoms with Gasteiger partial charge in [-0.05, 0) is 37.3 Å². The first kappa shape index (κ1) is 16.6. The third-order valence-electron chi connectivity index (χ3n) is 3.24. The van der Waals surface area contributed by atoms with E-state index in [9.17, 15) is 9.90 Å². The standard InChI is InChI=1S/C15H27N3O2/c1-12(2)5-7-15(3,20)11-17-14(19)16-9-13-6-8-18(4)10-13/h6,8,10,12,20H,5,7,9,11H2,1-4H3,(H2,16,17,19). The smallest absolute Gasteiger partial charge is 0.315 e. The molecular formula is C15H27N3O2. The number of urea groups is 1. The van der Waals surface area contributed by atoms with E-state index >= 15 is 0 Å². The summed E-state index contributed by atoms with van der Waals surface area (Å²) in [6.07, 6.45) is 5.52. The highest BCUT2D eigenvalue weighted by Crippen LogP contribution is 2.15. The number of nitrogens with zero attached hydrogens (tertiary/aromatic N) is 1. The maximum absolute atomic E-state index is 11.7. The minimum absolute atomic E-state index is 0.251. The minimum Gasteiger partial charge on any atom is -0.388 e. The van der Waals surface area contributed by atoms with Gasteiger partial charge in [-0.2, -0.15) is 0 Å². The monoisotopic (exact) mass is 281 g/mol. The zero-order valence-corrected chi connectivity index (χ0v) is 12.9. The van der Waals surface area contributed by atoms with Crippen LogP contribution in [0.3, 0.4) is 0 Å². The van der Waals surface area contributed by atoms with Crippen molar-refractivity contribution in [1.29, 1.82) is 0 Å². The number of rotatable bonds is 7. The number of carbonyl (C=O) groups excluding carboxylic acids is 1. The van der Waals surface area contributed by atoms with Gasteiger partial charge in [0, 0.05) is 32.5 Å². The summed E-state index contributed by atoms with van der Waals surface area (Å²) in [5.41, 5.74) is 0.197. The van der Waals surface area contributed by atoms with Crippen molar-refractivity contribution in [2.75, 3.05) is 6.54 Å². The molecule has 2 amide bonds. The second-order valence-electron chi connectivity index (χ2n) is 6.15. The van der Waals surface area contributed by atoms with E-state index in [0.29, 0.717) is 18.9 Å². The Bertz CT molecular complexity index is 425. The SMILES string of the molecule is CC(C)CCC(C)(O)CNC(=O)NCc1ccn(C)c1. The summed E-state index contributed by atoms with van der Waals surface area (Å²) >= 11 is 0. The van der Waals surface area contributed by atoms with Crippen molar-refractivity contribution >= 4 is 6.03 Å². The summed E-state index contributed by atoms with van der Waals surface area (Å²) in [4.78, 5) is 11.7. The maximum atomic E-state index is 11.7. The number of amides is 2.